The molecule has 1 aliphatic carbocycles. The number of amides is 1. The first-order valence-electron chi connectivity index (χ1n) is 10.9. The molecule has 0 N–H and O–H groups in total. The quantitative estimate of drug-likeness (QED) is 0.597. The number of likely N-dealkylation sites (tertiary alicyclic amines) is 1. The predicted molar refractivity (Wildman–Crippen MR) is 123 cm³/mol. The molecule has 0 spiro atoms. The van der Waals surface area contributed by atoms with Crippen molar-refractivity contribution in [3.63, 3.8) is 0 Å². The minimum absolute atomic E-state index is 0.0328. The van der Waals surface area contributed by atoms with Gasteiger partial charge in [0.25, 0.3) is 5.91 Å². The average Bonchev–Trinajstić information content (AvgIpc) is 3.32. The second-order valence-corrected chi connectivity index (χ2v) is 9.39. The number of aryl methyl sites for hydroxylation is 1. The molecule has 1 saturated heterocycles. The number of hydrogen-bond acceptors (Lipinski definition) is 5. The second-order valence-electron chi connectivity index (χ2n) is 8.64. The van der Waals surface area contributed by atoms with Crippen LogP contribution in [0.25, 0.3) is 0 Å². The number of ether oxygens (including phenoxy) is 3. The van der Waals surface area contributed by atoms with Crippen LogP contribution < -0.4 is 4.74 Å². The fraction of sp³-hybridized carbons (Fsp3) is 0.696. The van der Waals surface area contributed by atoms with Crippen LogP contribution in [0.2, 0.25) is 10.0 Å². The van der Waals surface area contributed by atoms with Crippen molar-refractivity contribution in [1.29, 1.82) is 0 Å². The van der Waals surface area contributed by atoms with Crippen molar-refractivity contribution >= 4 is 29.1 Å². The first kappa shape index (κ1) is 24.6. The highest BCUT2D eigenvalue weighted by atomic mass is 35.5. The van der Waals surface area contributed by atoms with E-state index in [1.54, 1.807) is 20.3 Å². The Kier molecular flexibility index (Phi) is 8.50. The van der Waals surface area contributed by atoms with Gasteiger partial charge in [0.1, 0.15) is 5.75 Å². The van der Waals surface area contributed by atoms with E-state index < -0.39 is 0 Å². The minimum atomic E-state index is -0.0822. The van der Waals surface area contributed by atoms with Gasteiger partial charge in [-0.3, -0.25) is 9.69 Å². The highest BCUT2D eigenvalue weighted by molar-refractivity contribution is 6.37. The molecule has 1 saturated carbocycles. The van der Waals surface area contributed by atoms with Gasteiger partial charge in [0, 0.05) is 38.4 Å². The van der Waals surface area contributed by atoms with Gasteiger partial charge >= 0.3 is 0 Å². The maximum absolute atomic E-state index is 13.1. The van der Waals surface area contributed by atoms with E-state index in [1.807, 2.05) is 25.8 Å². The number of carbonyl (C=O) groups excluding carboxylic acids is 1. The zero-order valence-electron chi connectivity index (χ0n) is 19.1. The third-order valence-corrected chi connectivity index (χ3v) is 7.88. The summed E-state index contributed by atoms with van der Waals surface area (Å²) in [6, 6.07) is 2.06. The Balaban J connectivity index is 1.72. The molecule has 31 heavy (non-hydrogen) atoms. The molecular formula is C23H34Cl2N2O4. The zero-order valence-corrected chi connectivity index (χ0v) is 20.6. The summed E-state index contributed by atoms with van der Waals surface area (Å²) in [5.74, 6) is 0.401. The SMILES string of the molecule is CO[C@H]1C[C@@H](N2CCCC2)[C@H](N(C)C(=O)COc2cc(C)c(Cl)c(C)c2Cl)C[C@H]1OC. The number of hydrogen-bond donors (Lipinski definition) is 0. The lowest BCUT2D eigenvalue weighted by molar-refractivity contribution is -0.142. The second kappa shape index (κ2) is 10.7. The molecule has 1 amide bonds. The molecule has 1 aliphatic heterocycles. The number of nitrogens with zero attached hydrogens (tertiary/aromatic N) is 2. The molecular weight excluding hydrogens is 439 g/mol. The molecule has 0 radical (unpaired) electrons. The van der Waals surface area contributed by atoms with Crippen LogP contribution in [0.15, 0.2) is 6.07 Å². The van der Waals surface area contributed by atoms with Gasteiger partial charge in [0.15, 0.2) is 6.61 Å². The summed E-state index contributed by atoms with van der Waals surface area (Å²) in [5.41, 5.74) is 1.63. The summed E-state index contributed by atoms with van der Waals surface area (Å²) in [4.78, 5) is 17.4. The molecule has 6 nitrogen and oxygen atoms in total. The van der Waals surface area contributed by atoms with Crippen molar-refractivity contribution in [3.05, 3.63) is 27.2 Å². The lowest BCUT2D eigenvalue weighted by Gasteiger charge is -2.47. The molecule has 0 unspecified atom stereocenters. The fourth-order valence-electron chi connectivity index (χ4n) is 4.90. The van der Waals surface area contributed by atoms with Crippen LogP contribution in [0, 0.1) is 13.8 Å². The first-order chi connectivity index (χ1) is 14.8. The van der Waals surface area contributed by atoms with Crippen molar-refractivity contribution < 1.29 is 19.0 Å². The van der Waals surface area contributed by atoms with E-state index in [-0.39, 0.29) is 36.8 Å². The molecule has 8 heteroatoms. The average molecular weight is 473 g/mol. The van der Waals surface area contributed by atoms with Crippen molar-refractivity contribution in [2.75, 3.05) is 41.0 Å². The summed E-state index contributed by atoms with van der Waals surface area (Å²) in [7, 11) is 5.31. The maximum Gasteiger partial charge on any atom is 0.260 e. The van der Waals surface area contributed by atoms with Crippen LogP contribution in [0.1, 0.15) is 36.8 Å². The van der Waals surface area contributed by atoms with Gasteiger partial charge in [0.2, 0.25) is 0 Å². The summed E-state index contributed by atoms with van der Waals surface area (Å²) >= 11 is 12.6. The van der Waals surface area contributed by atoms with Crippen LogP contribution >= 0.6 is 23.2 Å². The van der Waals surface area contributed by atoms with Crippen LogP contribution in [0.3, 0.4) is 0 Å². The van der Waals surface area contributed by atoms with Crippen molar-refractivity contribution in [3.8, 4) is 5.75 Å². The van der Waals surface area contributed by atoms with E-state index in [4.69, 9.17) is 37.4 Å². The fourth-order valence-corrected chi connectivity index (χ4v) is 5.30. The van der Waals surface area contributed by atoms with Gasteiger partial charge in [-0.05, 0) is 69.8 Å². The van der Waals surface area contributed by atoms with Crippen LogP contribution in [0.5, 0.6) is 5.75 Å². The number of halogens is 2. The van der Waals surface area contributed by atoms with Gasteiger partial charge in [-0.15, -0.1) is 0 Å². The van der Waals surface area contributed by atoms with Gasteiger partial charge in [0.05, 0.1) is 17.2 Å². The van der Waals surface area contributed by atoms with Crippen molar-refractivity contribution in [2.24, 2.45) is 0 Å². The molecule has 1 aromatic carbocycles. The molecule has 2 fully saturated rings. The van der Waals surface area contributed by atoms with Crippen molar-refractivity contribution in [1.82, 2.24) is 9.80 Å². The number of likely N-dealkylation sites (N-methyl/N-ethyl adjacent to an activating group) is 1. The molecule has 0 bridgehead atoms. The lowest BCUT2D eigenvalue weighted by Crippen LogP contribution is -2.59. The molecule has 1 aromatic rings. The third-order valence-electron chi connectivity index (χ3n) is 6.83. The zero-order chi connectivity index (χ0) is 22.7. The minimum Gasteiger partial charge on any atom is -0.482 e. The third kappa shape index (κ3) is 5.31. The summed E-state index contributed by atoms with van der Waals surface area (Å²) in [6.07, 6.45) is 3.97. The standard InChI is InChI=1S/C23H34Cl2N2O4/c1-14-10-20(23(25)15(2)22(14)24)31-13-21(28)26(3)16-11-18(29-4)19(30-5)12-17(16)27-8-6-7-9-27/h10,16-19H,6-9,11-13H2,1-5H3/t16-,17-,18-,19+/m1/s1. The Labute approximate surface area is 195 Å². The predicted octanol–water partition coefficient (Wildman–Crippen LogP) is 4.10. The van der Waals surface area contributed by atoms with Crippen LogP contribution in [0.4, 0.5) is 0 Å². The van der Waals surface area contributed by atoms with Gasteiger partial charge in [-0.1, -0.05) is 23.2 Å². The Morgan fingerprint density at radius 1 is 1.10 bits per heavy atom. The Morgan fingerprint density at radius 2 is 1.71 bits per heavy atom. The molecule has 3 rings (SSSR count). The summed E-state index contributed by atoms with van der Waals surface area (Å²) in [5, 5.41) is 1.07. The van der Waals surface area contributed by atoms with E-state index >= 15 is 0 Å². The van der Waals surface area contributed by atoms with Crippen LogP contribution in [-0.4, -0.2) is 81.0 Å². The Hall–Kier alpha value is -1.05. The largest absolute Gasteiger partial charge is 0.482 e. The molecule has 174 valence electrons. The monoisotopic (exact) mass is 472 g/mol. The summed E-state index contributed by atoms with van der Waals surface area (Å²) < 4.78 is 17.3. The van der Waals surface area contributed by atoms with Crippen LogP contribution in [-0.2, 0) is 14.3 Å². The smallest absolute Gasteiger partial charge is 0.260 e. The molecule has 4 atom stereocenters. The van der Waals surface area contributed by atoms with E-state index in [9.17, 15) is 4.79 Å². The van der Waals surface area contributed by atoms with Gasteiger partial charge < -0.3 is 19.1 Å². The Bertz CT molecular complexity index is 785. The molecule has 1 heterocycles. The van der Waals surface area contributed by atoms with Crippen molar-refractivity contribution in [2.45, 2.75) is 63.8 Å². The number of benzene rings is 1. The highest BCUT2D eigenvalue weighted by Gasteiger charge is 2.43. The summed E-state index contributed by atoms with van der Waals surface area (Å²) in [6.45, 7) is 5.79. The maximum atomic E-state index is 13.1. The van der Waals surface area contributed by atoms with Gasteiger partial charge in [-0.2, -0.15) is 0 Å². The first-order valence-corrected chi connectivity index (χ1v) is 11.7. The van der Waals surface area contributed by atoms with E-state index in [2.05, 4.69) is 4.90 Å². The van der Waals surface area contributed by atoms with Gasteiger partial charge in [-0.25, -0.2) is 0 Å². The van der Waals surface area contributed by atoms with E-state index in [0.29, 0.717) is 15.8 Å². The number of carbonyl (C=O) groups is 1. The van der Waals surface area contributed by atoms with E-state index in [0.717, 1.165) is 37.1 Å². The number of rotatable bonds is 7. The number of methoxy groups -OCH3 is 2. The lowest BCUT2D eigenvalue weighted by atomic mass is 9.84. The normalized spacial score (nSPS) is 26.8. The highest BCUT2D eigenvalue weighted by Crippen LogP contribution is 2.36. The molecule has 0 aromatic heterocycles. The molecule has 2 aliphatic rings. The Morgan fingerprint density at radius 3 is 2.32 bits per heavy atom. The van der Waals surface area contributed by atoms with E-state index in [1.165, 1.54) is 12.8 Å². The topological polar surface area (TPSA) is 51.2 Å².